The topological polar surface area (TPSA) is 74.6 Å². The van der Waals surface area contributed by atoms with Crippen LogP contribution in [-0.4, -0.2) is 66.5 Å². The lowest BCUT2D eigenvalue weighted by molar-refractivity contribution is -0.148. The summed E-state index contributed by atoms with van der Waals surface area (Å²) in [6, 6.07) is 13.5. The first-order valence-corrected chi connectivity index (χ1v) is 10.1. The molecule has 1 fully saturated rings. The van der Waals surface area contributed by atoms with Gasteiger partial charge in [0, 0.05) is 38.8 Å². The van der Waals surface area contributed by atoms with E-state index in [1.54, 1.807) is 21.0 Å². The van der Waals surface area contributed by atoms with Crippen molar-refractivity contribution in [3.8, 4) is 17.2 Å². The van der Waals surface area contributed by atoms with Gasteiger partial charge in [0.1, 0.15) is 23.0 Å². The maximum Gasteiger partial charge on any atom is 0.310 e. The third-order valence-electron chi connectivity index (χ3n) is 5.61. The smallest absolute Gasteiger partial charge is 0.310 e. The molecule has 2 heterocycles. The van der Waals surface area contributed by atoms with E-state index in [1.165, 1.54) is 0 Å². The molecule has 1 saturated heterocycles. The summed E-state index contributed by atoms with van der Waals surface area (Å²) in [6.07, 6.45) is 0. The standard InChI is InChI=1S/C23H27N3O4/c1-23(2,22(27)28)15-25-10-12-26(13-11-25)21-17-6-4-5-7-19(17)30-20-9-8-16(29-3)14-18(20)24-21/h4-9,14H,10-13,15H2,1-3H3,(H,27,28). The summed E-state index contributed by atoms with van der Waals surface area (Å²) in [7, 11) is 1.64. The van der Waals surface area contributed by atoms with Crippen molar-refractivity contribution >= 4 is 17.5 Å². The number of nitrogens with zero attached hydrogens (tertiary/aromatic N) is 3. The Morgan fingerprint density at radius 1 is 1.13 bits per heavy atom. The van der Waals surface area contributed by atoms with Crippen molar-refractivity contribution in [3.05, 3.63) is 48.0 Å². The molecule has 0 aromatic heterocycles. The fourth-order valence-electron chi connectivity index (χ4n) is 3.82. The highest BCUT2D eigenvalue weighted by molar-refractivity contribution is 6.03. The van der Waals surface area contributed by atoms with Gasteiger partial charge >= 0.3 is 5.97 Å². The minimum Gasteiger partial charge on any atom is -0.497 e. The first-order chi connectivity index (χ1) is 14.4. The van der Waals surface area contributed by atoms with E-state index in [9.17, 15) is 9.90 Å². The van der Waals surface area contributed by atoms with Crippen molar-refractivity contribution in [3.63, 3.8) is 0 Å². The van der Waals surface area contributed by atoms with Crippen LogP contribution < -0.4 is 9.47 Å². The first kappa shape index (κ1) is 20.2. The minimum atomic E-state index is -0.769. The van der Waals surface area contributed by atoms with E-state index in [4.69, 9.17) is 14.5 Å². The molecule has 2 aliphatic heterocycles. The molecule has 2 aliphatic rings. The molecule has 30 heavy (non-hydrogen) atoms. The van der Waals surface area contributed by atoms with E-state index in [-0.39, 0.29) is 0 Å². The van der Waals surface area contributed by atoms with E-state index in [0.29, 0.717) is 12.3 Å². The monoisotopic (exact) mass is 409 g/mol. The number of carboxylic acid groups (broad SMARTS) is 1. The second kappa shape index (κ2) is 7.99. The molecule has 1 N–H and O–H groups in total. The number of carbonyl (C=O) groups is 1. The molecule has 0 unspecified atom stereocenters. The van der Waals surface area contributed by atoms with E-state index in [0.717, 1.165) is 54.8 Å². The predicted octanol–water partition coefficient (Wildman–Crippen LogP) is 3.61. The normalized spacial score (nSPS) is 16.6. The van der Waals surface area contributed by atoms with Gasteiger partial charge in [0.15, 0.2) is 5.75 Å². The molecule has 158 valence electrons. The summed E-state index contributed by atoms with van der Waals surface area (Å²) < 4.78 is 11.5. The Kier molecular flexibility index (Phi) is 5.39. The van der Waals surface area contributed by atoms with Gasteiger partial charge in [-0.25, -0.2) is 4.99 Å². The molecule has 0 aliphatic carbocycles. The summed E-state index contributed by atoms with van der Waals surface area (Å²) >= 11 is 0. The molecule has 0 spiro atoms. The Morgan fingerprint density at radius 3 is 2.57 bits per heavy atom. The molecule has 2 aromatic rings. The van der Waals surface area contributed by atoms with Crippen LogP contribution >= 0.6 is 0 Å². The van der Waals surface area contributed by atoms with Gasteiger partial charge < -0.3 is 19.5 Å². The third kappa shape index (κ3) is 3.98. The molecule has 7 nitrogen and oxygen atoms in total. The zero-order chi connectivity index (χ0) is 21.3. The molecular formula is C23H27N3O4. The minimum absolute atomic E-state index is 0.530. The van der Waals surface area contributed by atoms with E-state index >= 15 is 0 Å². The number of methoxy groups -OCH3 is 1. The zero-order valence-electron chi connectivity index (χ0n) is 17.6. The van der Waals surface area contributed by atoms with Crippen LogP contribution in [0.4, 0.5) is 5.69 Å². The van der Waals surface area contributed by atoms with Gasteiger partial charge in [0.25, 0.3) is 0 Å². The van der Waals surface area contributed by atoms with Crippen LogP contribution in [0, 0.1) is 5.41 Å². The van der Waals surface area contributed by atoms with Gasteiger partial charge in [-0.1, -0.05) is 12.1 Å². The fraction of sp³-hybridized carbons (Fsp3) is 0.391. The Balaban J connectivity index is 1.61. The number of ether oxygens (including phenoxy) is 2. The van der Waals surface area contributed by atoms with Gasteiger partial charge in [-0.15, -0.1) is 0 Å². The van der Waals surface area contributed by atoms with Gasteiger partial charge in [0.2, 0.25) is 0 Å². The molecular weight excluding hydrogens is 382 g/mol. The average molecular weight is 409 g/mol. The van der Waals surface area contributed by atoms with E-state index < -0.39 is 11.4 Å². The Hall–Kier alpha value is -3.06. The zero-order valence-corrected chi connectivity index (χ0v) is 17.6. The van der Waals surface area contributed by atoms with Crippen LogP contribution in [0.1, 0.15) is 19.4 Å². The maximum atomic E-state index is 11.5. The molecule has 0 bridgehead atoms. The Labute approximate surface area is 176 Å². The lowest BCUT2D eigenvalue weighted by Gasteiger charge is -2.38. The fourth-order valence-corrected chi connectivity index (χ4v) is 3.82. The number of piperazine rings is 1. The van der Waals surface area contributed by atoms with E-state index in [1.807, 2.05) is 42.5 Å². The van der Waals surface area contributed by atoms with Crippen LogP contribution in [-0.2, 0) is 4.79 Å². The molecule has 0 radical (unpaired) electrons. The molecule has 7 heteroatoms. The van der Waals surface area contributed by atoms with Crippen molar-refractivity contribution in [1.29, 1.82) is 0 Å². The van der Waals surface area contributed by atoms with Gasteiger partial charge in [-0.05, 0) is 38.1 Å². The largest absolute Gasteiger partial charge is 0.497 e. The first-order valence-electron chi connectivity index (χ1n) is 10.1. The van der Waals surface area contributed by atoms with E-state index in [2.05, 4.69) is 9.80 Å². The van der Waals surface area contributed by atoms with Crippen LogP contribution in [0.3, 0.4) is 0 Å². The Bertz CT molecular complexity index is 978. The second-order valence-electron chi connectivity index (χ2n) is 8.32. The number of fused-ring (bicyclic) bond motifs is 2. The molecule has 2 aromatic carbocycles. The van der Waals surface area contributed by atoms with Crippen LogP contribution in [0.5, 0.6) is 17.2 Å². The number of para-hydroxylation sites is 1. The lowest BCUT2D eigenvalue weighted by atomic mass is 9.93. The summed E-state index contributed by atoms with van der Waals surface area (Å²) in [5, 5.41) is 9.42. The quantitative estimate of drug-likeness (QED) is 0.832. The van der Waals surface area contributed by atoms with Gasteiger partial charge in [-0.2, -0.15) is 0 Å². The number of carboxylic acids is 1. The number of hydrogen-bond donors (Lipinski definition) is 1. The van der Waals surface area contributed by atoms with Crippen molar-refractivity contribution < 1.29 is 19.4 Å². The summed E-state index contributed by atoms with van der Waals surface area (Å²) in [6.45, 7) is 7.17. The molecule has 0 amide bonds. The highest BCUT2D eigenvalue weighted by Gasteiger charge is 2.32. The number of aliphatic imine (C=N–C) groups is 1. The highest BCUT2D eigenvalue weighted by Crippen LogP contribution is 2.40. The van der Waals surface area contributed by atoms with Gasteiger partial charge in [-0.3, -0.25) is 9.69 Å². The number of hydrogen-bond acceptors (Lipinski definition) is 6. The molecule has 0 atom stereocenters. The highest BCUT2D eigenvalue weighted by atomic mass is 16.5. The van der Waals surface area contributed by atoms with Crippen molar-refractivity contribution in [2.45, 2.75) is 13.8 Å². The van der Waals surface area contributed by atoms with Crippen molar-refractivity contribution in [1.82, 2.24) is 9.80 Å². The summed E-state index contributed by atoms with van der Waals surface area (Å²) in [4.78, 5) is 20.9. The molecule has 4 rings (SSSR count). The summed E-state index contributed by atoms with van der Waals surface area (Å²) in [5.74, 6) is 2.30. The van der Waals surface area contributed by atoms with Crippen LogP contribution in [0.15, 0.2) is 47.5 Å². The van der Waals surface area contributed by atoms with Crippen molar-refractivity contribution in [2.75, 3.05) is 39.8 Å². The number of amidine groups is 1. The number of benzene rings is 2. The molecule has 0 saturated carbocycles. The summed E-state index contributed by atoms with van der Waals surface area (Å²) in [5.41, 5.74) is 0.916. The van der Waals surface area contributed by atoms with Crippen LogP contribution in [0.2, 0.25) is 0 Å². The lowest BCUT2D eigenvalue weighted by Crippen LogP contribution is -2.52. The number of aliphatic carboxylic acids is 1. The van der Waals surface area contributed by atoms with Gasteiger partial charge in [0.05, 0.1) is 18.1 Å². The predicted molar refractivity (Wildman–Crippen MR) is 115 cm³/mol. The average Bonchev–Trinajstić information content (AvgIpc) is 2.90. The third-order valence-corrected chi connectivity index (χ3v) is 5.61. The second-order valence-corrected chi connectivity index (χ2v) is 8.32. The maximum absolute atomic E-state index is 11.5. The number of rotatable bonds is 4. The SMILES string of the molecule is COc1ccc2c(c1)N=C(N1CCN(CC(C)(C)C(=O)O)CC1)c1ccccc1O2. The van der Waals surface area contributed by atoms with Crippen molar-refractivity contribution in [2.24, 2.45) is 10.4 Å². The van der Waals surface area contributed by atoms with Crippen LogP contribution in [0.25, 0.3) is 0 Å². The Morgan fingerprint density at radius 2 is 1.87 bits per heavy atom.